The van der Waals surface area contributed by atoms with Crippen LogP contribution in [0.5, 0.6) is 0 Å². The Balaban J connectivity index is 2.36. The third-order valence-corrected chi connectivity index (χ3v) is 3.98. The maximum absolute atomic E-state index is 11.3. The topological polar surface area (TPSA) is 50.1 Å². The average molecular weight is 163 g/mol. The van der Waals surface area contributed by atoms with Crippen LogP contribution in [0.15, 0.2) is 0 Å². The fourth-order valence-electron chi connectivity index (χ4n) is 0.823. The van der Waals surface area contributed by atoms with E-state index in [1.54, 1.807) is 7.11 Å². The first-order valence-electron chi connectivity index (χ1n) is 3.41. The van der Waals surface area contributed by atoms with Crippen LogP contribution < -0.4 is 0 Å². The van der Waals surface area contributed by atoms with Crippen LogP contribution in [0.3, 0.4) is 0 Å². The minimum absolute atomic E-state index is 0.183. The Morgan fingerprint density at radius 1 is 1.70 bits per heavy atom. The van der Waals surface area contributed by atoms with Crippen molar-refractivity contribution in [3.63, 3.8) is 0 Å². The summed E-state index contributed by atoms with van der Waals surface area (Å²) in [5, 5.41) is 0.183. The summed E-state index contributed by atoms with van der Waals surface area (Å²) in [6, 6.07) is 0. The summed E-state index contributed by atoms with van der Waals surface area (Å²) in [6.07, 6.45) is 1.96. The summed E-state index contributed by atoms with van der Waals surface area (Å²) in [5.41, 5.74) is 0. The van der Waals surface area contributed by atoms with Crippen molar-refractivity contribution in [3.05, 3.63) is 0 Å². The molecule has 0 heterocycles. The molecule has 0 spiro atoms. The van der Waals surface area contributed by atoms with E-state index in [1.165, 1.54) is 0 Å². The first-order valence-corrected chi connectivity index (χ1v) is 5.20. The van der Waals surface area contributed by atoms with Gasteiger partial charge in [0.25, 0.3) is 0 Å². The molecule has 0 aliphatic heterocycles. The third kappa shape index (κ3) is 1.95. The molecule has 0 amide bonds. The lowest BCUT2D eigenvalue weighted by Gasteiger charge is -2.02. The van der Waals surface area contributed by atoms with Gasteiger partial charge >= 0.3 is 0 Å². The molecule has 60 valence electrons. The second kappa shape index (κ2) is 2.88. The standard InChI is InChI=1S/C6H13NO2S/c1-9-4-5-10(7,8)6-2-3-6/h6-7H,2-5H2,1H3. The quantitative estimate of drug-likeness (QED) is 0.667. The van der Waals surface area contributed by atoms with Crippen LogP contribution in [0.2, 0.25) is 0 Å². The van der Waals surface area contributed by atoms with Gasteiger partial charge in [0.2, 0.25) is 0 Å². The highest BCUT2D eigenvalue weighted by molar-refractivity contribution is 7.93. The highest BCUT2D eigenvalue weighted by Gasteiger charge is 2.31. The molecule has 1 aliphatic rings. The van der Waals surface area contributed by atoms with Crippen molar-refractivity contribution < 1.29 is 8.95 Å². The van der Waals surface area contributed by atoms with Gasteiger partial charge in [-0.2, -0.15) is 0 Å². The zero-order valence-corrected chi connectivity index (χ0v) is 6.95. The first kappa shape index (κ1) is 8.01. The maximum atomic E-state index is 11.3. The van der Waals surface area contributed by atoms with Crippen molar-refractivity contribution in [2.24, 2.45) is 0 Å². The minimum Gasteiger partial charge on any atom is -0.384 e. The summed E-state index contributed by atoms with van der Waals surface area (Å²) in [7, 11) is -0.702. The SMILES string of the molecule is COCCS(=N)(=O)C1CC1. The number of nitrogens with one attached hydrogen (secondary N) is 1. The lowest BCUT2D eigenvalue weighted by Crippen LogP contribution is -2.13. The van der Waals surface area contributed by atoms with Crippen LogP contribution in [0, 0.1) is 4.78 Å². The van der Waals surface area contributed by atoms with E-state index in [1.807, 2.05) is 0 Å². The highest BCUT2D eigenvalue weighted by atomic mass is 32.2. The molecule has 10 heavy (non-hydrogen) atoms. The Kier molecular flexibility index (Phi) is 2.31. The van der Waals surface area contributed by atoms with Gasteiger partial charge in [-0.15, -0.1) is 0 Å². The van der Waals surface area contributed by atoms with Crippen molar-refractivity contribution in [1.82, 2.24) is 0 Å². The van der Waals surface area contributed by atoms with Gasteiger partial charge in [-0.1, -0.05) is 0 Å². The van der Waals surface area contributed by atoms with Crippen LogP contribution in [0.1, 0.15) is 12.8 Å². The molecule has 1 aliphatic carbocycles. The predicted molar refractivity (Wildman–Crippen MR) is 40.6 cm³/mol. The molecule has 1 fully saturated rings. The van der Waals surface area contributed by atoms with E-state index in [0.29, 0.717) is 12.4 Å². The molecule has 1 saturated carbocycles. The summed E-state index contributed by atoms with van der Waals surface area (Å²) in [4.78, 5) is 0. The fraction of sp³-hybridized carbons (Fsp3) is 1.00. The number of hydrogen-bond acceptors (Lipinski definition) is 3. The Hall–Kier alpha value is -0.0900. The average Bonchev–Trinajstić information content (AvgIpc) is 2.64. The molecule has 0 bridgehead atoms. The predicted octanol–water partition coefficient (Wildman–Crippen LogP) is 0.842. The summed E-state index contributed by atoms with van der Waals surface area (Å²) < 4.78 is 23.4. The molecule has 1 N–H and O–H groups in total. The Labute approximate surface area is 61.7 Å². The highest BCUT2D eigenvalue weighted by Crippen LogP contribution is 2.29. The smallest absolute Gasteiger partial charge is 0.0586 e. The summed E-state index contributed by atoms with van der Waals surface area (Å²) in [6.45, 7) is 0.457. The van der Waals surface area contributed by atoms with Crippen molar-refractivity contribution in [2.45, 2.75) is 18.1 Å². The van der Waals surface area contributed by atoms with Gasteiger partial charge in [0.1, 0.15) is 0 Å². The molecule has 1 rings (SSSR count). The molecular formula is C6H13NO2S. The van der Waals surface area contributed by atoms with Gasteiger partial charge in [-0.05, 0) is 12.8 Å². The van der Waals surface area contributed by atoms with E-state index in [4.69, 9.17) is 9.52 Å². The zero-order valence-electron chi connectivity index (χ0n) is 6.13. The van der Waals surface area contributed by atoms with E-state index in [2.05, 4.69) is 0 Å². The monoisotopic (exact) mass is 163 g/mol. The molecule has 1 atom stereocenters. The Morgan fingerprint density at radius 3 is 2.70 bits per heavy atom. The van der Waals surface area contributed by atoms with E-state index in [9.17, 15) is 4.21 Å². The van der Waals surface area contributed by atoms with E-state index < -0.39 is 9.73 Å². The number of rotatable bonds is 4. The van der Waals surface area contributed by atoms with Crippen LogP contribution >= 0.6 is 0 Å². The molecule has 0 aromatic rings. The molecule has 4 heteroatoms. The van der Waals surface area contributed by atoms with E-state index in [0.717, 1.165) is 12.8 Å². The molecule has 0 saturated heterocycles. The van der Waals surface area contributed by atoms with Crippen molar-refractivity contribution in [2.75, 3.05) is 19.5 Å². The minimum atomic E-state index is -2.27. The van der Waals surface area contributed by atoms with Crippen LogP contribution in [0.4, 0.5) is 0 Å². The maximum Gasteiger partial charge on any atom is 0.0586 e. The number of ether oxygens (including phenoxy) is 1. The van der Waals surface area contributed by atoms with Crippen LogP contribution in [0.25, 0.3) is 0 Å². The molecule has 3 nitrogen and oxygen atoms in total. The van der Waals surface area contributed by atoms with Gasteiger partial charge in [-0.25, -0.2) is 4.21 Å². The second-order valence-electron chi connectivity index (χ2n) is 2.62. The van der Waals surface area contributed by atoms with Crippen LogP contribution in [-0.2, 0) is 14.5 Å². The van der Waals surface area contributed by atoms with Gasteiger partial charge in [-0.3, -0.25) is 4.78 Å². The fourth-order valence-corrected chi connectivity index (χ4v) is 2.47. The summed E-state index contributed by atoms with van der Waals surface area (Å²) >= 11 is 0. The number of methoxy groups -OCH3 is 1. The lowest BCUT2D eigenvalue weighted by molar-refractivity contribution is 0.217. The van der Waals surface area contributed by atoms with Gasteiger partial charge in [0.15, 0.2) is 0 Å². The number of hydrogen-bond donors (Lipinski definition) is 1. The Bertz CT molecular complexity index is 194. The Morgan fingerprint density at radius 2 is 2.30 bits per heavy atom. The second-order valence-corrected chi connectivity index (χ2v) is 5.15. The summed E-state index contributed by atoms with van der Waals surface area (Å²) in [5.74, 6) is 0.411. The molecule has 0 aromatic heterocycles. The zero-order chi connectivity index (χ0) is 7.61. The first-order chi connectivity index (χ1) is 4.67. The molecular weight excluding hydrogens is 150 g/mol. The van der Waals surface area contributed by atoms with Crippen LogP contribution in [-0.4, -0.2) is 28.9 Å². The normalized spacial score (nSPS) is 24.1. The van der Waals surface area contributed by atoms with Gasteiger partial charge in [0.05, 0.1) is 12.4 Å². The van der Waals surface area contributed by atoms with Crippen molar-refractivity contribution >= 4 is 9.73 Å². The van der Waals surface area contributed by atoms with Crippen molar-refractivity contribution in [1.29, 1.82) is 4.78 Å². The van der Waals surface area contributed by atoms with Crippen molar-refractivity contribution in [3.8, 4) is 0 Å². The third-order valence-electron chi connectivity index (χ3n) is 1.65. The van der Waals surface area contributed by atoms with Gasteiger partial charge < -0.3 is 4.74 Å². The molecule has 0 aromatic carbocycles. The lowest BCUT2D eigenvalue weighted by atomic mass is 10.9. The van der Waals surface area contributed by atoms with E-state index >= 15 is 0 Å². The largest absolute Gasteiger partial charge is 0.384 e. The molecule has 1 unspecified atom stereocenters. The molecule has 0 radical (unpaired) electrons. The van der Waals surface area contributed by atoms with E-state index in [-0.39, 0.29) is 5.25 Å². The van der Waals surface area contributed by atoms with Gasteiger partial charge in [0, 0.05) is 22.1 Å².